The Morgan fingerprint density at radius 3 is 1.96 bits per heavy atom. The molecule has 1 amide bonds. The molecule has 0 aliphatic rings. The van der Waals surface area contributed by atoms with Crippen LogP contribution in [0.3, 0.4) is 0 Å². The number of anilines is 1. The standard InChI is InChI=1S/C20H26N2O3S/c1-14(2)19(15(3)4)21-20(23)17-12-8-9-13-18(17)22-26(24,25)16-10-6-5-7-11-16/h5-15,19,22H,1-4H3,(H,21,23). The van der Waals surface area contributed by atoms with E-state index in [1.165, 1.54) is 12.1 Å². The highest BCUT2D eigenvalue weighted by Gasteiger charge is 2.23. The van der Waals surface area contributed by atoms with Gasteiger partial charge in [-0.2, -0.15) is 0 Å². The second-order valence-corrected chi connectivity index (χ2v) is 8.63. The average Bonchev–Trinajstić information content (AvgIpc) is 2.60. The molecule has 2 N–H and O–H groups in total. The number of amides is 1. The van der Waals surface area contributed by atoms with Crippen molar-refractivity contribution in [2.75, 3.05) is 4.72 Å². The van der Waals surface area contributed by atoms with E-state index in [9.17, 15) is 13.2 Å². The third-order valence-corrected chi connectivity index (χ3v) is 5.59. The second-order valence-electron chi connectivity index (χ2n) is 6.95. The first-order chi connectivity index (χ1) is 12.2. The minimum atomic E-state index is -3.76. The summed E-state index contributed by atoms with van der Waals surface area (Å²) < 4.78 is 27.7. The molecule has 0 aliphatic carbocycles. The number of carbonyl (C=O) groups excluding carboxylic acids is 1. The van der Waals surface area contributed by atoms with Gasteiger partial charge in [-0.25, -0.2) is 8.42 Å². The molecule has 2 aromatic carbocycles. The van der Waals surface area contributed by atoms with E-state index in [1.807, 2.05) is 0 Å². The SMILES string of the molecule is CC(C)C(NC(=O)c1ccccc1NS(=O)(=O)c1ccccc1)C(C)C. The van der Waals surface area contributed by atoms with Crippen molar-refractivity contribution >= 4 is 21.6 Å². The van der Waals surface area contributed by atoms with Crippen molar-refractivity contribution in [2.45, 2.75) is 38.6 Å². The Balaban J connectivity index is 2.29. The van der Waals surface area contributed by atoms with Crippen LogP contribution in [0.2, 0.25) is 0 Å². The highest BCUT2D eigenvalue weighted by Crippen LogP contribution is 2.21. The maximum absolute atomic E-state index is 12.8. The van der Waals surface area contributed by atoms with Crippen LogP contribution >= 0.6 is 0 Å². The van der Waals surface area contributed by atoms with Crippen molar-refractivity contribution in [3.63, 3.8) is 0 Å². The zero-order valence-corrected chi connectivity index (χ0v) is 16.4. The normalized spacial score (nSPS) is 11.8. The van der Waals surface area contributed by atoms with Gasteiger partial charge in [0.2, 0.25) is 0 Å². The fourth-order valence-corrected chi connectivity index (χ4v) is 4.01. The third-order valence-electron chi connectivity index (χ3n) is 4.20. The van der Waals surface area contributed by atoms with Crippen molar-refractivity contribution in [3.05, 3.63) is 60.2 Å². The molecule has 0 heterocycles. The summed E-state index contributed by atoms with van der Waals surface area (Å²) >= 11 is 0. The molecule has 0 radical (unpaired) electrons. The molecule has 0 saturated carbocycles. The summed E-state index contributed by atoms with van der Waals surface area (Å²) in [5, 5.41) is 3.02. The van der Waals surface area contributed by atoms with Crippen LogP contribution in [0.5, 0.6) is 0 Å². The molecule has 5 nitrogen and oxygen atoms in total. The molecule has 0 unspecified atom stereocenters. The molecule has 6 heteroatoms. The number of rotatable bonds is 7. The van der Waals surface area contributed by atoms with Gasteiger partial charge in [-0.05, 0) is 36.1 Å². The van der Waals surface area contributed by atoms with Crippen LogP contribution < -0.4 is 10.0 Å². The Morgan fingerprint density at radius 1 is 0.846 bits per heavy atom. The van der Waals surface area contributed by atoms with Crippen molar-refractivity contribution in [1.29, 1.82) is 0 Å². The molecule has 2 rings (SSSR count). The topological polar surface area (TPSA) is 75.3 Å². The van der Waals surface area contributed by atoms with Gasteiger partial charge in [0.1, 0.15) is 0 Å². The monoisotopic (exact) mass is 374 g/mol. The maximum Gasteiger partial charge on any atom is 0.261 e. The number of sulfonamides is 1. The fraction of sp³-hybridized carbons (Fsp3) is 0.350. The Morgan fingerprint density at radius 2 is 1.38 bits per heavy atom. The molecule has 140 valence electrons. The summed E-state index contributed by atoms with van der Waals surface area (Å²) in [6.07, 6.45) is 0. The van der Waals surface area contributed by atoms with Gasteiger partial charge in [-0.15, -0.1) is 0 Å². The highest BCUT2D eigenvalue weighted by molar-refractivity contribution is 7.92. The first-order valence-electron chi connectivity index (χ1n) is 8.70. The summed E-state index contributed by atoms with van der Waals surface area (Å²) in [7, 11) is -3.76. The van der Waals surface area contributed by atoms with Crippen LogP contribution in [0.1, 0.15) is 38.1 Å². The zero-order valence-electron chi connectivity index (χ0n) is 15.6. The second kappa shape index (κ2) is 8.36. The molecule has 0 fully saturated rings. The lowest BCUT2D eigenvalue weighted by Gasteiger charge is -2.26. The number of benzene rings is 2. The molecule has 0 spiro atoms. The van der Waals surface area contributed by atoms with Crippen LogP contribution in [0.4, 0.5) is 5.69 Å². The van der Waals surface area contributed by atoms with E-state index in [1.54, 1.807) is 42.5 Å². The number of carbonyl (C=O) groups is 1. The Kier molecular flexibility index (Phi) is 6.42. The fourth-order valence-electron chi connectivity index (χ4n) is 2.91. The van der Waals surface area contributed by atoms with Gasteiger partial charge >= 0.3 is 0 Å². The molecule has 2 aromatic rings. The van der Waals surface area contributed by atoms with Gasteiger partial charge in [0.25, 0.3) is 15.9 Å². The molecule has 26 heavy (non-hydrogen) atoms. The van der Waals surface area contributed by atoms with Crippen molar-refractivity contribution in [3.8, 4) is 0 Å². The summed E-state index contributed by atoms with van der Waals surface area (Å²) in [5.41, 5.74) is 0.568. The zero-order chi connectivity index (χ0) is 19.3. The first-order valence-corrected chi connectivity index (χ1v) is 10.2. The minimum Gasteiger partial charge on any atom is -0.349 e. The molecular formula is C20H26N2O3S. The molecule has 0 bridgehead atoms. The largest absolute Gasteiger partial charge is 0.349 e. The van der Waals surface area contributed by atoms with E-state index >= 15 is 0 Å². The average molecular weight is 375 g/mol. The molecule has 0 atom stereocenters. The molecule has 0 aliphatic heterocycles. The van der Waals surface area contributed by atoms with Crippen molar-refractivity contribution < 1.29 is 13.2 Å². The van der Waals surface area contributed by atoms with Gasteiger partial charge in [0.15, 0.2) is 0 Å². The summed E-state index contributed by atoms with van der Waals surface area (Å²) in [6, 6.07) is 14.7. The Hall–Kier alpha value is -2.34. The lowest BCUT2D eigenvalue weighted by molar-refractivity contribution is 0.0911. The summed E-state index contributed by atoms with van der Waals surface area (Å²) in [4.78, 5) is 12.9. The van der Waals surface area contributed by atoms with Crippen molar-refractivity contribution in [2.24, 2.45) is 11.8 Å². The lowest BCUT2D eigenvalue weighted by Crippen LogP contribution is -2.42. The van der Waals surface area contributed by atoms with Gasteiger partial charge < -0.3 is 5.32 Å². The quantitative estimate of drug-likeness (QED) is 0.772. The lowest BCUT2D eigenvalue weighted by atomic mass is 9.93. The predicted octanol–water partition coefficient (Wildman–Crippen LogP) is 3.90. The number of nitrogens with one attached hydrogen (secondary N) is 2. The molecular weight excluding hydrogens is 348 g/mol. The van der Waals surface area contributed by atoms with Crippen LogP contribution in [-0.4, -0.2) is 20.4 Å². The smallest absolute Gasteiger partial charge is 0.261 e. The van der Waals surface area contributed by atoms with E-state index in [2.05, 4.69) is 37.7 Å². The minimum absolute atomic E-state index is 0.00119. The predicted molar refractivity (Wildman–Crippen MR) is 105 cm³/mol. The van der Waals surface area contributed by atoms with E-state index in [0.717, 1.165) is 0 Å². The van der Waals surface area contributed by atoms with E-state index in [-0.39, 0.29) is 34.4 Å². The number of para-hydroxylation sites is 1. The highest BCUT2D eigenvalue weighted by atomic mass is 32.2. The molecule has 0 aromatic heterocycles. The summed E-state index contributed by atoms with van der Waals surface area (Å²) in [6.45, 7) is 8.20. The van der Waals surface area contributed by atoms with Gasteiger partial charge in [-0.3, -0.25) is 9.52 Å². The van der Waals surface area contributed by atoms with E-state index in [0.29, 0.717) is 5.56 Å². The van der Waals surface area contributed by atoms with E-state index in [4.69, 9.17) is 0 Å². The van der Waals surface area contributed by atoms with Gasteiger partial charge in [-0.1, -0.05) is 58.0 Å². The first kappa shape index (κ1) is 20.0. The van der Waals surface area contributed by atoms with Crippen molar-refractivity contribution in [1.82, 2.24) is 5.32 Å². The van der Waals surface area contributed by atoms with Crippen LogP contribution in [0.25, 0.3) is 0 Å². The third kappa shape index (κ3) is 4.85. The molecule has 0 saturated heterocycles. The van der Waals surface area contributed by atoms with E-state index < -0.39 is 10.0 Å². The van der Waals surface area contributed by atoms with Gasteiger partial charge in [0.05, 0.1) is 16.1 Å². The summed E-state index contributed by atoms with van der Waals surface area (Å²) in [5.74, 6) is 0.253. The maximum atomic E-state index is 12.8. The van der Waals surface area contributed by atoms with Crippen LogP contribution in [-0.2, 0) is 10.0 Å². The van der Waals surface area contributed by atoms with Crippen LogP contribution in [0.15, 0.2) is 59.5 Å². The Bertz CT molecular complexity index is 838. The Labute approximate surface area is 155 Å². The number of hydrogen-bond donors (Lipinski definition) is 2. The van der Waals surface area contributed by atoms with Gasteiger partial charge in [0, 0.05) is 6.04 Å². The number of hydrogen-bond acceptors (Lipinski definition) is 3. The van der Waals surface area contributed by atoms with Crippen LogP contribution in [0, 0.1) is 11.8 Å².